The molecule has 0 aromatic heterocycles. The molecule has 1 amide bonds. The third-order valence-corrected chi connectivity index (χ3v) is 8.97. The van der Waals surface area contributed by atoms with Crippen LogP contribution in [0, 0.1) is 16.7 Å². The molecule has 0 N–H and O–H groups in total. The van der Waals surface area contributed by atoms with E-state index < -0.39 is 32.6 Å². The molecule has 8 nitrogen and oxygen atoms in total. The maximum atomic E-state index is 13.1. The quantitative estimate of drug-likeness (QED) is 0.564. The lowest BCUT2D eigenvalue weighted by atomic mass is 9.70. The van der Waals surface area contributed by atoms with Crippen LogP contribution < -0.4 is 9.47 Å². The lowest BCUT2D eigenvalue weighted by molar-refractivity contribution is -0.128. The standard InChI is InChI=1S/C24H29NO7S/c1-23(2)17-8-9-24(23,21(26)13-17)14-33(28,29)32-25(3)22(27)19-11-16-10-18(30-4)7-6-15(16)12-20(19)31-5/h6-7,10-12,17H,8-9,13-14H2,1-5H3. The van der Waals surface area contributed by atoms with Crippen molar-refractivity contribution >= 4 is 32.6 Å². The van der Waals surface area contributed by atoms with Gasteiger partial charge in [0.2, 0.25) is 0 Å². The van der Waals surface area contributed by atoms with Gasteiger partial charge in [-0.15, -0.1) is 4.28 Å². The lowest BCUT2D eigenvalue weighted by Gasteiger charge is -2.36. The second-order valence-corrected chi connectivity index (χ2v) is 11.1. The Morgan fingerprint density at radius 3 is 2.42 bits per heavy atom. The number of nitrogens with zero attached hydrogens (tertiary/aromatic N) is 1. The predicted octanol–water partition coefficient (Wildman–Crippen LogP) is 3.59. The van der Waals surface area contributed by atoms with Gasteiger partial charge in [0.05, 0.1) is 31.0 Å². The Morgan fingerprint density at radius 2 is 1.85 bits per heavy atom. The minimum atomic E-state index is -4.21. The Kier molecular flexibility index (Phi) is 5.69. The van der Waals surface area contributed by atoms with Crippen molar-refractivity contribution in [1.29, 1.82) is 0 Å². The molecule has 0 saturated heterocycles. The highest BCUT2D eigenvalue weighted by Gasteiger charge is 2.65. The molecule has 2 aliphatic rings. The fourth-order valence-corrected chi connectivity index (χ4v) is 7.27. The zero-order valence-electron chi connectivity index (χ0n) is 19.5. The van der Waals surface area contributed by atoms with Crippen LogP contribution in [0.5, 0.6) is 11.5 Å². The Morgan fingerprint density at radius 1 is 1.12 bits per heavy atom. The molecule has 2 unspecified atom stereocenters. The number of ketones is 1. The molecule has 0 aliphatic heterocycles. The van der Waals surface area contributed by atoms with Gasteiger partial charge in [-0.05, 0) is 59.2 Å². The van der Waals surface area contributed by atoms with Crippen molar-refractivity contribution in [1.82, 2.24) is 5.06 Å². The molecule has 4 rings (SSSR count). The molecule has 2 aliphatic carbocycles. The van der Waals surface area contributed by atoms with Crippen LogP contribution in [0.1, 0.15) is 43.5 Å². The van der Waals surface area contributed by atoms with E-state index in [0.29, 0.717) is 23.7 Å². The summed E-state index contributed by atoms with van der Waals surface area (Å²) in [6.45, 7) is 3.91. The Balaban J connectivity index is 1.59. The van der Waals surface area contributed by atoms with E-state index in [0.717, 1.165) is 17.2 Å². The van der Waals surface area contributed by atoms with Crippen LogP contribution in [0.3, 0.4) is 0 Å². The molecule has 2 bridgehead atoms. The average Bonchev–Trinajstić information content (AvgIpc) is 3.10. The van der Waals surface area contributed by atoms with Gasteiger partial charge in [-0.25, -0.2) is 5.06 Å². The van der Waals surface area contributed by atoms with Gasteiger partial charge in [-0.1, -0.05) is 19.9 Å². The zero-order valence-corrected chi connectivity index (χ0v) is 20.3. The summed E-state index contributed by atoms with van der Waals surface area (Å²) in [7, 11) is 0.00786. The SMILES string of the molecule is COc1ccc2cc(OC)c(C(=O)N(C)OS(=O)(=O)CC34CCC(CC3=O)C4(C)C)cc2c1. The van der Waals surface area contributed by atoms with Gasteiger partial charge in [0.15, 0.2) is 0 Å². The molecule has 2 saturated carbocycles. The van der Waals surface area contributed by atoms with E-state index in [1.165, 1.54) is 14.2 Å². The van der Waals surface area contributed by atoms with Crippen LogP contribution in [0.25, 0.3) is 10.8 Å². The number of fused-ring (bicyclic) bond motifs is 3. The number of hydrogen-bond donors (Lipinski definition) is 0. The summed E-state index contributed by atoms with van der Waals surface area (Å²) < 4.78 is 41.8. The van der Waals surface area contributed by atoms with Crippen molar-refractivity contribution in [3.8, 4) is 11.5 Å². The fourth-order valence-electron chi connectivity index (χ4n) is 5.53. The first-order valence-electron chi connectivity index (χ1n) is 10.8. The minimum Gasteiger partial charge on any atom is -0.497 e. The molecular formula is C24H29NO7S. The number of hydrogen-bond acceptors (Lipinski definition) is 7. The van der Waals surface area contributed by atoms with E-state index in [9.17, 15) is 18.0 Å². The number of methoxy groups -OCH3 is 2. The first-order valence-corrected chi connectivity index (χ1v) is 12.4. The number of amides is 1. The molecule has 2 fully saturated rings. The molecular weight excluding hydrogens is 446 g/mol. The van der Waals surface area contributed by atoms with Crippen LogP contribution in [0.2, 0.25) is 0 Å². The van der Waals surface area contributed by atoms with E-state index in [1.54, 1.807) is 31.4 Å². The maximum Gasteiger partial charge on any atom is 0.289 e. The molecule has 178 valence electrons. The van der Waals surface area contributed by atoms with Crippen LogP contribution in [0.15, 0.2) is 30.3 Å². The lowest BCUT2D eigenvalue weighted by Crippen LogP contribution is -2.44. The highest BCUT2D eigenvalue weighted by Crippen LogP contribution is 2.64. The summed E-state index contributed by atoms with van der Waals surface area (Å²) in [5.74, 6) is -0.0649. The normalized spacial score (nSPS) is 23.7. The first kappa shape index (κ1) is 23.5. The van der Waals surface area contributed by atoms with E-state index in [-0.39, 0.29) is 23.0 Å². The van der Waals surface area contributed by atoms with Crippen molar-refractivity contribution in [2.75, 3.05) is 27.0 Å². The van der Waals surface area contributed by atoms with Crippen LogP contribution >= 0.6 is 0 Å². The molecule has 2 aromatic rings. The van der Waals surface area contributed by atoms with E-state index in [4.69, 9.17) is 13.8 Å². The summed E-state index contributed by atoms with van der Waals surface area (Å²) in [5.41, 5.74) is -1.26. The van der Waals surface area contributed by atoms with Gasteiger partial charge < -0.3 is 9.47 Å². The van der Waals surface area contributed by atoms with Crippen molar-refractivity contribution in [2.24, 2.45) is 16.7 Å². The summed E-state index contributed by atoms with van der Waals surface area (Å²) in [6.07, 6.45) is 1.74. The zero-order chi connectivity index (χ0) is 24.2. The molecule has 0 spiro atoms. The maximum absolute atomic E-state index is 13.1. The summed E-state index contributed by atoms with van der Waals surface area (Å²) in [6, 6.07) is 8.71. The monoisotopic (exact) mass is 475 g/mol. The van der Waals surface area contributed by atoms with Crippen molar-refractivity contribution in [3.05, 3.63) is 35.9 Å². The fraction of sp³-hybridized carbons (Fsp3) is 0.500. The third-order valence-electron chi connectivity index (χ3n) is 7.67. The highest BCUT2D eigenvalue weighted by atomic mass is 32.2. The van der Waals surface area contributed by atoms with Crippen molar-refractivity contribution in [3.63, 3.8) is 0 Å². The number of carbonyl (C=O) groups excluding carboxylic acids is 2. The molecule has 0 radical (unpaired) electrons. The smallest absolute Gasteiger partial charge is 0.289 e. The second kappa shape index (κ2) is 7.99. The van der Waals surface area contributed by atoms with Crippen LogP contribution in [-0.2, 0) is 19.2 Å². The number of carbonyl (C=O) groups is 2. The first-order chi connectivity index (χ1) is 15.4. The average molecular weight is 476 g/mol. The number of hydroxylamine groups is 2. The Labute approximate surface area is 193 Å². The van der Waals surface area contributed by atoms with Crippen LogP contribution in [0.4, 0.5) is 0 Å². The minimum absolute atomic E-state index is 0.0324. The largest absolute Gasteiger partial charge is 0.497 e. The van der Waals surface area contributed by atoms with Gasteiger partial charge in [-0.2, -0.15) is 8.42 Å². The van der Waals surface area contributed by atoms with Gasteiger partial charge in [-0.3, -0.25) is 9.59 Å². The Bertz CT molecular complexity index is 1240. The summed E-state index contributed by atoms with van der Waals surface area (Å²) in [5, 5.41) is 2.25. The van der Waals surface area contributed by atoms with E-state index in [2.05, 4.69) is 0 Å². The van der Waals surface area contributed by atoms with Gasteiger partial charge in [0.1, 0.15) is 17.3 Å². The van der Waals surface area contributed by atoms with Gasteiger partial charge in [0, 0.05) is 13.5 Å². The molecule has 2 atom stereocenters. The number of benzene rings is 2. The second-order valence-electron chi connectivity index (χ2n) is 9.51. The number of ether oxygens (including phenoxy) is 2. The van der Waals surface area contributed by atoms with Crippen molar-refractivity contribution in [2.45, 2.75) is 33.1 Å². The molecule has 33 heavy (non-hydrogen) atoms. The number of rotatable bonds is 7. The van der Waals surface area contributed by atoms with Crippen LogP contribution in [-0.4, -0.2) is 52.2 Å². The van der Waals surface area contributed by atoms with Crippen molar-refractivity contribution < 1.29 is 31.8 Å². The topological polar surface area (TPSA) is 99.2 Å². The summed E-state index contributed by atoms with van der Waals surface area (Å²) >= 11 is 0. The third kappa shape index (κ3) is 3.77. The predicted molar refractivity (Wildman–Crippen MR) is 123 cm³/mol. The number of Topliss-reactive ketones (excluding diaryl/α,β-unsaturated/α-hetero) is 1. The molecule has 2 aromatic carbocycles. The Hall–Kier alpha value is -2.65. The summed E-state index contributed by atoms with van der Waals surface area (Å²) in [4.78, 5) is 25.9. The van der Waals surface area contributed by atoms with E-state index >= 15 is 0 Å². The molecule has 0 heterocycles. The van der Waals surface area contributed by atoms with E-state index in [1.807, 2.05) is 19.9 Å². The van der Waals surface area contributed by atoms with Gasteiger partial charge in [0.25, 0.3) is 16.0 Å². The molecule has 9 heteroatoms. The highest BCUT2D eigenvalue weighted by molar-refractivity contribution is 7.86. The van der Waals surface area contributed by atoms with Gasteiger partial charge >= 0.3 is 0 Å².